The van der Waals surface area contributed by atoms with E-state index in [1.807, 2.05) is 0 Å². The van der Waals surface area contributed by atoms with Crippen molar-refractivity contribution in [3.63, 3.8) is 0 Å². The summed E-state index contributed by atoms with van der Waals surface area (Å²) in [5.74, 6) is -1.35. The van der Waals surface area contributed by atoms with Gasteiger partial charge in [-0.3, -0.25) is 9.59 Å². The lowest BCUT2D eigenvalue weighted by molar-refractivity contribution is -0.140. The number of aliphatic carboxylic acids is 1. The van der Waals surface area contributed by atoms with Crippen molar-refractivity contribution in [1.82, 2.24) is 10.2 Å². The molecule has 0 radical (unpaired) electrons. The summed E-state index contributed by atoms with van der Waals surface area (Å²) in [6.07, 6.45) is 8.80. The van der Waals surface area contributed by atoms with Crippen molar-refractivity contribution in [1.29, 1.82) is 0 Å². The quantitative estimate of drug-likeness (QED) is 0.682. The normalized spacial score (nSPS) is 23.7. The summed E-state index contributed by atoms with van der Waals surface area (Å²) in [7, 11) is 0. The minimum atomic E-state index is -1.03. The van der Waals surface area contributed by atoms with E-state index in [0.717, 1.165) is 45.3 Å². The zero-order chi connectivity index (χ0) is 16.0. The van der Waals surface area contributed by atoms with Crippen LogP contribution in [-0.4, -0.2) is 53.1 Å². The van der Waals surface area contributed by atoms with Gasteiger partial charge >= 0.3 is 5.97 Å². The number of carbonyl (C=O) groups excluding carboxylic acids is 1. The van der Waals surface area contributed by atoms with E-state index in [0.29, 0.717) is 0 Å². The molecule has 1 saturated heterocycles. The Morgan fingerprint density at radius 2 is 1.68 bits per heavy atom. The van der Waals surface area contributed by atoms with Crippen molar-refractivity contribution >= 4 is 11.9 Å². The van der Waals surface area contributed by atoms with Crippen LogP contribution in [0.1, 0.15) is 57.8 Å². The highest BCUT2D eigenvalue weighted by Gasteiger charge is 2.36. The molecule has 1 amide bonds. The maximum absolute atomic E-state index is 12.3. The lowest BCUT2D eigenvalue weighted by Crippen LogP contribution is -2.60. The van der Waals surface area contributed by atoms with Crippen LogP contribution >= 0.6 is 0 Å². The van der Waals surface area contributed by atoms with E-state index < -0.39 is 12.0 Å². The summed E-state index contributed by atoms with van der Waals surface area (Å²) in [6, 6.07) is -0.961. The maximum atomic E-state index is 12.3. The van der Waals surface area contributed by atoms with Gasteiger partial charge in [0.1, 0.15) is 0 Å². The molecule has 126 valence electrons. The molecule has 1 saturated carbocycles. The van der Waals surface area contributed by atoms with Crippen LogP contribution in [0.4, 0.5) is 0 Å². The molecule has 0 aromatic carbocycles. The van der Waals surface area contributed by atoms with Gasteiger partial charge in [-0.15, -0.1) is 0 Å². The lowest BCUT2D eigenvalue weighted by Gasteiger charge is -2.43. The molecule has 1 aliphatic heterocycles. The Kier molecular flexibility index (Phi) is 6.20. The van der Waals surface area contributed by atoms with Gasteiger partial charge in [0.25, 0.3) is 0 Å². The standard InChI is InChI=1S/C16H29N3O3/c17-13(11-14(20)21)15(22)18-16(7-3-1-4-8-16)12-19-9-5-2-6-10-19/h13H,1-12,17H2,(H,18,22)(H,20,21)/t13-/m0/s1. The first kappa shape index (κ1) is 17.2. The zero-order valence-corrected chi connectivity index (χ0v) is 13.4. The largest absolute Gasteiger partial charge is 0.481 e. The Labute approximate surface area is 132 Å². The average Bonchev–Trinajstić information content (AvgIpc) is 2.48. The van der Waals surface area contributed by atoms with E-state index >= 15 is 0 Å². The van der Waals surface area contributed by atoms with E-state index in [1.54, 1.807) is 0 Å². The van der Waals surface area contributed by atoms with Crippen LogP contribution in [0.25, 0.3) is 0 Å². The van der Waals surface area contributed by atoms with Crippen LogP contribution in [0.15, 0.2) is 0 Å². The summed E-state index contributed by atoms with van der Waals surface area (Å²) in [6.45, 7) is 3.07. The van der Waals surface area contributed by atoms with Crippen molar-refractivity contribution in [2.45, 2.75) is 69.4 Å². The predicted octanol–water partition coefficient (Wildman–Crippen LogP) is 1.09. The Bertz CT molecular complexity index is 388. The van der Waals surface area contributed by atoms with Gasteiger partial charge in [-0.2, -0.15) is 0 Å². The summed E-state index contributed by atoms with van der Waals surface area (Å²) >= 11 is 0. The third-order valence-electron chi connectivity index (χ3n) is 4.91. The zero-order valence-electron chi connectivity index (χ0n) is 13.4. The highest BCUT2D eigenvalue weighted by atomic mass is 16.4. The molecular weight excluding hydrogens is 282 g/mol. The highest BCUT2D eigenvalue weighted by Crippen LogP contribution is 2.30. The van der Waals surface area contributed by atoms with E-state index in [2.05, 4.69) is 10.2 Å². The molecule has 2 fully saturated rings. The van der Waals surface area contributed by atoms with Crippen molar-refractivity contribution in [3.05, 3.63) is 0 Å². The first-order valence-corrected chi connectivity index (χ1v) is 8.53. The molecule has 1 atom stereocenters. The van der Waals surface area contributed by atoms with Crippen LogP contribution in [0.3, 0.4) is 0 Å². The molecule has 0 unspecified atom stereocenters. The number of rotatable bonds is 6. The Balaban J connectivity index is 1.98. The average molecular weight is 311 g/mol. The number of nitrogens with one attached hydrogen (secondary N) is 1. The van der Waals surface area contributed by atoms with Crippen LogP contribution in [0, 0.1) is 0 Å². The fourth-order valence-corrected chi connectivity index (χ4v) is 3.73. The van der Waals surface area contributed by atoms with Crippen LogP contribution in [0.5, 0.6) is 0 Å². The Morgan fingerprint density at radius 1 is 1.09 bits per heavy atom. The number of hydrogen-bond acceptors (Lipinski definition) is 4. The second kappa shape index (κ2) is 7.92. The van der Waals surface area contributed by atoms with E-state index in [-0.39, 0.29) is 17.9 Å². The summed E-state index contributed by atoms with van der Waals surface area (Å²) in [5, 5.41) is 11.9. The number of likely N-dealkylation sites (tertiary alicyclic amines) is 1. The van der Waals surface area contributed by atoms with E-state index in [4.69, 9.17) is 10.8 Å². The van der Waals surface area contributed by atoms with Gasteiger partial charge in [0.15, 0.2) is 0 Å². The molecule has 0 aromatic heterocycles. The minimum Gasteiger partial charge on any atom is -0.481 e. The minimum absolute atomic E-state index is 0.219. The molecule has 0 aromatic rings. The number of piperidine rings is 1. The third-order valence-corrected chi connectivity index (χ3v) is 4.91. The summed E-state index contributed by atoms with van der Waals surface area (Å²) in [4.78, 5) is 25.5. The second-order valence-electron chi connectivity index (χ2n) is 6.87. The van der Waals surface area contributed by atoms with Gasteiger partial charge in [-0.05, 0) is 38.8 Å². The number of carbonyl (C=O) groups is 2. The first-order valence-electron chi connectivity index (χ1n) is 8.53. The molecule has 22 heavy (non-hydrogen) atoms. The van der Waals surface area contributed by atoms with E-state index in [1.165, 1.54) is 25.7 Å². The molecule has 0 spiro atoms. The molecule has 0 bridgehead atoms. The lowest BCUT2D eigenvalue weighted by atomic mass is 9.80. The Hall–Kier alpha value is -1.14. The molecule has 2 rings (SSSR count). The van der Waals surface area contributed by atoms with Crippen LogP contribution < -0.4 is 11.1 Å². The summed E-state index contributed by atoms with van der Waals surface area (Å²) < 4.78 is 0. The number of carboxylic acids is 1. The van der Waals surface area contributed by atoms with Crippen molar-refractivity contribution in [2.24, 2.45) is 5.73 Å². The van der Waals surface area contributed by atoms with Crippen molar-refractivity contribution in [3.8, 4) is 0 Å². The maximum Gasteiger partial charge on any atom is 0.305 e. The Morgan fingerprint density at radius 3 is 2.27 bits per heavy atom. The number of amides is 1. The predicted molar refractivity (Wildman–Crippen MR) is 84.5 cm³/mol. The van der Waals surface area contributed by atoms with Crippen LogP contribution in [-0.2, 0) is 9.59 Å². The monoisotopic (exact) mass is 311 g/mol. The number of nitrogens with two attached hydrogens (primary N) is 1. The molecule has 6 heteroatoms. The van der Waals surface area contributed by atoms with Crippen LogP contribution in [0.2, 0.25) is 0 Å². The van der Waals surface area contributed by atoms with Gasteiger partial charge in [0.2, 0.25) is 5.91 Å². The number of carboxylic acid groups (broad SMARTS) is 1. The first-order chi connectivity index (χ1) is 10.5. The second-order valence-corrected chi connectivity index (χ2v) is 6.87. The van der Waals surface area contributed by atoms with Crippen molar-refractivity contribution in [2.75, 3.05) is 19.6 Å². The third kappa shape index (κ3) is 4.95. The fourth-order valence-electron chi connectivity index (χ4n) is 3.73. The van der Waals surface area contributed by atoms with Gasteiger partial charge in [-0.1, -0.05) is 25.7 Å². The summed E-state index contributed by atoms with van der Waals surface area (Å²) in [5.41, 5.74) is 5.50. The number of nitrogens with zero attached hydrogens (tertiary/aromatic N) is 1. The molecule has 2 aliphatic rings. The molecule has 6 nitrogen and oxygen atoms in total. The topological polar surface area (TPSA) is 95.7 Å². The SMILES string of the molecule is N[C@@H](CC(=O)O)C(=O)NC1(CN2CCCCC2)CCCCC1. The number of hydrogen-bond donors (Lipinski definition) is 3. The fraction of sp³-hybridized carbons (Fsp3) is 0.875. The smallest absolute Gasteiger partial charge is 0.305 e. The van der Waals surface area contributed by atoms with Crippen molar-refractivity contribution < 1.29 is 14.7 Å². The molecule has 1 heterocycles. The molecule has 4 N–H and O–H groups in total. The van der Waals surface area contributed by atoms with E-state index in [9.17, 15) is 9.59 Å². The highest BCUT2D eigenvalue weighted by molar-refractivity contribution is 5.86. The molecule has 1 aliphatic carbocycles. The van der Waals surface area contributed by atoms with Gasteiger partial charge in [-0.25, -0.2) is 0 Å². The van der Waals surface area contributed by atoms with Gasteiger partial charge in [0, 0.05) is 6.54 Å². The van der Waals surface area contributed by atoms with Gasteiger partial charge in [0.05, 0.1) is 18.0 Å². The molecular formula is C16H29N3O3. The van der Waals surface area contributed by atoms with Gasteiger partial charge < -0.3 is 21.1 Å².